The first kappa shape index (κ1) is 19.4. The smallest absolute Gasteiger partial charge is 0.227 e. The fourth-order valence-electron chi connectivity index (χ4n) is 3.95. The van der Waals surface area contributed by atoms with Crippen LogP contribution in [0.1, 0.15) is 44.9 Å². The summed E-state index contributed by atoms with van der Waals surface area (Å²) < 4.78 is 21.2. The topological polar surface area (TPSA) is 68.5 Å². The van der Waals surface area contributed by atoms with Crippen LogP contribution in [0.4, 0.5) is 10.1 Å². The van der Waals surface area contributed by atoms with Crippen LogP contribution in [-0.2, 0) is 4.79 Å². The molecule has 0 bridgehead atoms. The summed E-state index contributed by atoms with van der Waals surface area (Å²) in [6.07, 6.45) is 7.09. The van der Waals surface area contributed by atoms with Gasteiger partial charge in [-0.1, -0.05) is 19.3 Å². The Morgan fingerprint density at radius 2 is 2.03 bits per heavy atom. The lowest BCUT2D eigenvalue weighted by molar-refractivity contribution is -0.120. The average molecular weight is 396 g/mol. The number of hydrogen-bond donors (Lipinski definition) is 1. The molecular weight excluding hydrogens is 371 g/mol. The first-order valence-corrected chi connectivity index (χ1v) is 10.2. The van der Waals surface area contributed by atoms with E-state index in [9.17, 15) is 9.18 Å². The SMILES string of the molecule is CCOc1cc(F)ccc1-c1cc(NC(=O)C2CCCCC2)c2nnc(C)n2c1. The number of hydrogen-bond acceptors (Lipinski definition) is 4. The van der Waals surface area contributed by atoms with E-state index in [1.807, 2.05) is 30.5 Å². The van der Waals surface area contributed by atoms with Crippen LogP contribution in [0.5, 0.6) is 5.75 Å². The minimum Gasteiger partial charge on any atom is -0.493 e. The highest BCUT2D eigenvalue weighted by Crippen LogP contribution is 2.34. The van der Waals surface area contributed by atoms with E-state index >= 15 is 0 Å². The van der Waals surface area contributed by atoms with Crippen molar-refractivity contribution in [2.45, 2.75) is 46.0 Å². The molecule has 1 aromatic carbocycles. The summed E-state index contributed by atoms with van der Waals surface area (Å²) in [6.45, 7) is 4.14. The fourth-order valence-corrected chi connectivity index (χ4v) is 3.95. The standard InChI is InChI=1S/C22H25FN4O2/c1-3-29-20-12-17(23)9-10-18(20)16-11-19(21-26-25-14(2)27(21)13-16)24-22(28)15-7-5-4-6-8-15/h9-13,15H,3-8H2,1-2H3,(H,24,28). The molecule has 0 unspecified atom stereocenters. The molecule has 1 N–H and O–H groups in total. The van der Waals surface area contributed by atoms with E-state index in [0.717, 1.165) is 36.8 Å². The largest absolute Gasteiger partial charge is 0.493 e. The Labute approximate surface area is 169 Å². The highest BCUT2D eigenvalue weighted by molar-refractivity contribution is 5.97. The number of anilines is 1. The van der Waals surface area contributed by atoms with Crippen LogP contribution in [0.15, 0.2) is 30.5 Å². The third-order valence-corrected chi connectivity index (χ3v) is 5.46. The van der Waals surface area contributed by atoms with E-state index in [0.29, 0.717) is 29.5 Å². The zero-order valence-electron chi connectivity index (χ0n) is 16.7. The number of nitrogens with zero attached hydrogens (tertiary/aromatic N) is 3. The molecule has 1 amide bonds. The van der Waals surface area contributed by atoms with Gasteiger partial charge in [0.1, 0.15) is 17.4 Å². The molecule has 0 aliphatic heterocycles. The van der Waals surface area contributed by atoms with E-state index in [1.54, 1.807) is 6.07 Å². The molecule has 3 aromatic rings. The van der Waals surface area contributed by atoms with E-state index in [2.05, 4.69) is 15.5 Å². The minimum atomic E-state index is -0.357. The fraction of sp³-hybridized carbons (Fsp3) is 0.409. The number of carbonyl (C=O) groups excluding carboxylic acids is 1. The Morgan fingerprint density at radius 3 is 2.79 bits per heavy atom. The van der Waals surface area contributed by atoms with E-state index in [-0.39, 0.29) is 17.6 Å². The molecule has 1 saturated carbocycles. The van der Waals surface area contributed by atoms with Crippen molar-refractivity contribution in [2.24, 2.45) is 5.92 Å². The summed E-state index contributed by atoms with van der Waals surface area (Å²) in [6, 6.07) is 6.33. The molecule has 7 heteroatoms. The van der Waals surface area contributed by atoms with Crippen molar-refractivity contribution in [1.82, 2.24) is 14.6 Å². The second kappa shape index (κ2) is 8.19. The molecule has 2 heterocycles. The highest BCUT2D eigenvalue weighted by Gasteiger charge is 2.23. The number of halogens is 1. The Bertz CT molecular complexity index is 1040. The van der Waals surface area contributed by atoms with Gasteiger partial charge in [-0.05, 0) is 44.9 Å². The second-order valence-electron chi connectivity index (χ2n) is 7.48. The van der Waals surface area contributed by atoms with Crippen LogP contribution in [0, 0.1) is 18.7 Å². The minimum absolute atomic E-state index is 0.0218. The second-order valence-corrected chi connectivity index (χ2v) is 7.48. The maximum Gasteiger partial charge on any atom is 0.227 e. The van der Waals surface area contributed by atoms with Crippen molar-refractivity contribution < 1.29 is 13.9 Å². The first-order chi connectivity index (χ1) is 14.1. The number of aromatic nitrogens is 3. The van der Waals surface area contributed by atoms with Gasteiger partial charge in [0.15, 0.2) is 5.65 Å². The number of amides is 1. The normalized spacial score (nSPS) is 14.9. The number of aryl methyl sites for hydroxylation is 1. The molecule has 0 spiro atoms. The third kappa shape index (κ3) is 3.95. The third-order valence-electron chi connectivity index (χ3n) is 5.46. The van der Waals surface area contributed by atoms with Gasteiger partial charge in [-0.15, -0.1) is 10.2 Å². The maximum atomic E-state index is 13.7. The molecule has 2 aromatic heterocycles. The van der Waals surface area contributed by atoms with Gasteiger partial charge in [0.2, 0.25) is 5.91 Å². The highest BCUT2D eigenvalue weighted by atomic mass is 19.1. The van der Waals surface area contributed by atoms with Crippen molar-refractivity contribution in [2.75, 3.05) is 11.9 Å². The number of pyridine rings is 1. The van der Waals surface area contributed by atoms with Crippen molar-refractivity contribution in [3.05, 3.63) is 42.1 Å². The molecular formula is C22H25FN4O2. The van der Waals surface area contributed by atoms with Gasteiger partial charge in [0.05, 0.1) is 12.3 Å². The molecule has 0 atom stereocenters. The molecule has 0 radical (unpaired) electrons. The van der Waals surface area contributed by atoms with Crippen molar-refractivity contribution in [3.63, 3.8) is 0 Å². The van der Waals surface area contributed by atoms with Crippen molar-refractivity contribution >= 4 is 17.2 Å². The number of rotatable bonds is 5. The zero-order chi connectivity index (χ0) is 20.4. The van der Waals surface area contributed by atoms with Gasteiger partial charge in [-0.2, -0.15) is 0 Å². The number of ether oxygens (including phenoxy) is 1. The van der Waals surface area contributed by atoms with Gasteiger partial charge in [-0.3, -0.25) is 9.20 Å². The molecule has 29 heavy (non-hydrogen) atoms. The Hall–Kier alpha value is -2.96. The van der Waals surface area contributed by atoms with E-state index in [4.69, 9.17) is 4.74 Å². The molecule has 152 valence electrons. The molecule has 1 aliphatic rings. The van der Waals surface area contributed by atoms with Crippen LogP contribution < -0.4 is 10.1 Å². The lowest BCUT2D eigenvalue weighted by atomic mass is 9.88. The van der Waals surface area contributed by atoms with E-state index < -0.39 is 0 Å². The zero-order valence-corrected chi connectivity index (χ0v) is 16.7. The predicted molar refractivity (Wildman–Crippen MR) is 109 cm³/mol. The van der Waals surface area contributed by atoms with Crippen LogP contribution >= 0.6 is 0 Å². The summed E-state index contributed by atoms with van der Waals surface area (Å²) in [7, 11) is 0. The van der Waals surface area contributed by atoms with Gasteiger partial charge in [0.25, 0.3) is 0 Å². The van der Waals surface area contributed by atoms with Gasteiger partial charge in [0, 0.05) is 29.3 Å². The lowest BCUT2D eigenvalue weighted by Crippen LogP contribution is -2.25. The number of nitrogens with one attached hydrogen (secondary N) is 1. The number of benzene rings is 1. The summed E-state index contributed by atoms with van der Waals surface area (Å²) in [5.41, 5.74) is 2.74. The lowest BCUT2D eigenvalue weighted by Gasteiger charge is -2.21. The van der Waals surface area contributed by atoms with Gasteiger partial charge >= 0.3 is 0 Å². The monoisotopic (exact) mass is 396 g/mol. The van der Waals surface area contributed by atoms with Crippen LogP contribution in [0.2, 0.25) is 0 Å². The molecule has 0 saturated heterocycles. The average Bonchev–Trinajstić information content (AvgIpc) is 3.10. The Morgan fingerprint density at radius 1 is 1.24 bits per heavy atom. The maximum absolute atomic E-state index is 13.7. The number of carbonyl (C=O) groups is 1. The molecule has 1 fully saturated rings. The van der Waals surface area contributed by atoms with Crippen LogP contribution in [0.3, 0.4) is 0 Å². The Balaban J connectivity index is 1.77. The Kier molecular flexibility index (Phi) is 5.47. The van der Waals surface area contributed by atoms with Crippen LogP contribution in [0.25, 0.3) is 16.8 Å². The summed E-state index contributed by atoms with van der Waals surface area (Å²) >= 11 is 0. The van der Waals surface area contributed by atoms with Crippen molar-refractivity contribution in [1.29, 1.82) is 0 Å². The molecule has 4 rings (SSSR count). The van der Waals surface area contributed by atoms with Gasteiger partial charge < -0.3 is 10.1 Å². The number of fused-ring (bicyclic) bond motifs is 1. The summed E-state index contributed by atoms with van der Waals surface area (Å²) in [4.78, 5) is 12.8. The van der Waals surface area contributed by atoms with Crippen LogP contribution in [-0.4, -0.2) is 27.1 Å². The molecule has 6 nitrogen and oxygen atoms in total. The molecule has 1 aliphatic carbocycles. The summed E-state index contributed by atoms with van der Waals surface area (Å²) in [5, 5.41) is 11.4. The van der Waals surface area contributed by atoms with Crippen molar-refractivity contribution in [3.8, 4) is 16.9 Å². The summed E-state index contributed by atoms with van der Waals surface area (Å²) in [5.74, 6) is 0.858. The van der Waals surface area contributed by atoms with E-state index in [1.165, 1.54) is 18.6 Å². The first-order valence-electron chi connectivity index (χ1n) is 10.2. The quantitative estimate of drug-likeness (QED) is 0.675. The predicted octanol–water partition coefficient (Wildman–Crippen LogP) is 4.76. The van der Waals surface area contributed by atoms with Gasteiger partial charge in [-0.25, -0.2) is 4.39 Å².